The third-order valence-electron chi connectivity index (χ3n) is 3.66. The lowest BCUT2D eigenvalue weighted by Crippen LogP contribution is -2.51. The molecule has 0 atom stereocenters. The van der Waals surface area contributed by atoms with Gasteiger partial charge in [-0.1, -0.05) is 34.5 Å². The van der Waals surface area contributed by atoms with Crippen LogP contribution in [-0.2, 0) is 16.0 Å². The Morgan fingerprint density at radius 3 is 2.37 bits per heavy atom. The lowest BCUT2D eigenvalue weighted by atomic mass is 9.68. The maximum atomic E-state index is 11.9. The molecule has 102 valence electrons. The molecule has 1 aromatic rings. The molecule has 2 rings (SSSR count). The Labute approximate surface area is 120 Å². The van der Waals surface area contributed by atoms with Gasteiger partial charge in [-0.05, 0) is 37.0 Å². The second-order valence-electron chi connectivity index (χ2n) is 4.87. The average molecular weight is 326 g/mol. The highest BCUT2D eigenvalue weighted by atomic mass is 79.9. The zero-order valence-electron chi connectivity index (χ0n) is 10.5. The summed E-state index contributed by atoms with van der Waals surface area (Å²) in [6, 6.07) is 7.85. The first kappa shape index (κ1) is 14.1. The maximum Gasteiger partial charge on any atom is 0.319 e. The van der Waals surface area contributed by atoms with Gasteiger partial charge in [-0.25, -0.2) is 0 Å². The number of carboxylic acids is 1. The minimum absolute atomic E-state index is 0.344. The molecule has 0 aromatic heterocycles. The van der Waals surface area contributed by atoms with E-state index in [1.807, 2.05) is 24.3 Å². The molecule has 5 heteroatoms. The predicted molar refractivity (Wildman–Crippen MR) is 74.8 cm³/mol. The Kier molecular flexibility index (Phi) is 4.24. The smallest absolute Gasteiger partial charge is 0.319 e. The Hall–Kier alpha value is -1.36. The van der Waals surface area contributed by atoms with Gasteiger partial charge >= 0.3 is 5.97 Å². The fourth-order valence-electron chi connectivity index (χ4n) is 2.21. The van der Waals surface area contributed by atoms with Crippen molar-refractivity contribution < 1.29 is 14.7 Å². The van der Waals surface area contributed by atoms with Gasteiger partial charge in [-0.2, -0.15) is 0 Å². The topological polar surface area (TPSA) is 66.4 Å². The van der Waals surface area contributed by atoms with Crippen LogP contribution in [0.5, 0.6) is 0 Å². The van der Waals surface area contributed by atoms with Crippen LogP contribution < -0.4 is 5.32 Å². The molecule has 1 aliphatic rings. The van der Waals surface area contributed by atoms with Crippen molar-refractivity contribution in [3.63, 3.8) is 0 Å². The van der Waals surface area contributed by atoms with Crippen molar-refractivity contribution in [1.82, 2.24) is 5.32 Å². The number of carboxylic acid groups (broad SMARTS) is 1. The zero-order chi connectivity index (χ0) is 13.9. The standard InChI is InChI=1S/C14H16BrNO3/c15-11-4-2-10(3-5-11)6-9-16-12(17)14(13(18)19)7-1-8-14/h2-5H,1,6-9H2,(H,16,17)(H,18,19). The van der Waals surface area contributed by atoms with Crippen LogP contribution in [0.3, 0.4) is 0 Å². The first-order valence-electron chi connectivity index (χ1n) is 6.31. The number of benzene rings is 1. The van der Waals surface area contributed by atoms with Crippen molar-refractivity contribution in [2.75, 3.05) is 6.54 Å². The number of halogens is 1. The van der Waals surface area contributed by atoms with Gasteiger partial charge in [-0.15, -0.1) is 0 Å². The van der Waals surface area contributed by atoms with Crippen LogP contribution in [-0.4, -0.2) is 23.5 Å². The Bertz CT molecular complexity index is 480. The molecule has 0 radical (unpaired) electrons. The fourth-order valence-corrected chi connectivity index (χ4v) is 2.47. The molecule has 2 N–H and O–H groups in total. The number of carbonyl (C=O) groups excluding carboxylic acids is 1. The van der Waals surface area contributed by atoms with Crippen LogP contribution in [0.2, 0.25) is 0 Å². The van der Waals surface area contributed by atoms with Gasteiger partial charge in [0.25, 0.3) is 0 Å². The van der Waals surface area contributed by atoms with E-state index in [4.69, 9.17) is 5.11 Å². The summed E-state index contributed by atoms with van der Waals surface area (Å²) in [7, 11) is 0. The second-order valence-corrected chi connectivity index (χ2v) is 5.79. The SMILES string of the molecule is O=C(O)C1(C(=O)NCCc2ccc(Br)cc2)CCC1. The summed E-state index contributed by atoms with van der Waals surface area (Å²) in [6.45, 7) is 0.468. The van der Waals surface area contributed by atoms with E-state index in [2.05, 4.69) is 21.2 Å². The summed E-state index contributed by atoms with van der Waals surface area (Å²) >= 11 is 3.36. The Balaban J connectivity index is 1.84. The summed E-state index contributed by atoms with van der Waals surface area (Å²) in [5, 5.41) is 11.9. The highest BCUT2D eigenvalue weighted by Gasteiger charge is 2.50. The van der Waals surface area contributed by atoms with Crippen LogP contribution in [0.25, 0.3) is 0 Å². The summed E-state index contributed by atoms with van der Waals surface area (Å²) in [4.78, 5) is 23.1. The molecule has 1 aromatic carbocycles. The fraction of sp³-hybridized carbons (Fsp3) is 0.429. The number of nitrogens with one attached hydrogen (secondary N) is 1. The van der Waals surface area contributed by atoms with Crippen molar-refractivity contribution in [3.05, 3.63) is 34.3 Å². The third kappa shape index (κ3) is 2.97. The highest BCUT2D eigenvalue weighted by molar-refractivity contribution is 9.10. The summed E-state index contributed by atoms with van der Waals surface area (Å²) in [5.74, 6) is -1.34. The Morgan fingerprint density at radius 2 is 1.89 bits per heavy atom. The van der Waals surface area contributed by atoms with Gasteiger partial charge in [-0.3, -0.25) is 9.59 Å². The van der Waals surface area contributed by atoms with E-state index in [-0.39, 0.29) is 5.91 Å². The molecular weight excluding hydrogens is 310 g/mol. The third-order valence-corrected chi connectivity index (χ3v) is 4.19. The van der Waals surface area contributed by atoms with Crippen LogP contribution in [0.15, 0.2) is 28.7 Å². The van der Waals surface area contributed by atoms with E-state index in [1.54, 1.807) is 0 Å². The van der Waals surface area contributed by atoms with Gasteiger partial charge in [0.15, 0.2) is 0 Å². The minimum atomic E-state index is -1.17. The molecule has 1 saturated carbocycles. The van der Waals surface area contributed by atoms with Gasteiger partial charge in [0.2, 0.25) is 5.91 Å². The van der Waals surface area contributed by atoms with Crippen molar-refractivity contribution >= 4 is 27.8 Å². The second kappa shape index (κ2) is 5.74. The Morgan fingerprint density at radius 1 is 1.26 bits per heavy atom. The van der Waals surface area contributed by atoms with E-state index in [0.717, 1.165) is 16.5 Å². The molecule has 0 unspecified atom stereocenters. The number of amides is 1. The summed E-state index contributed by atoms with van der Waals surface area (Å²) in [5.41, 5.74) is -0.0545. The van der Waals surface area contributed by atoms with E-state index in [0.29, 0.717) is 25.8 Å². The zero-order valence-corrected chi connectivity index (χ0v) is 12.1. The first-order valence-corrected chi connectivity index (χ1v) is 7.10. The lowest BCUT2D eigenvalue weighted by molar-refractivity contribution is -0.162. The molecule has 0 saturated heterocycles. The first-order chi connectivity index (χ1) is 9.04. The average Bonchev–Trinajstić information content (AvgIpc) is 2.29. The number of aliphatic carboxylic acids is 1. The van der Waals surface area contributed by atoms with Crippen LogP contribution in [0.1, 0.15) is 24.8 Å². The largest absolute Gasteiger partial charge is 0.480 e. The molecular formula is C14H16BrNO3. The van der Waals surface area contributed by atoms with Crippen LogP contribution in [0.4, 0.5) is 0 Å². The molecule has 0 aliphatic heterocycles. The van der Waals surface area contributed by atoms with Crippen molar-refractivity contribution in [1.29, 1.82) is 0 Å². The molecule has 1 aliphatic carbocycles. The van der Waals surface area contributed by atoms with E-state index in [1.165, 1.54) is 0 Å². The molecule has 1 amide bonds. The minimum Gasteiger partial charge on any atom is -0.480 e. The molecule has 4 nitrogen and oxygen atoms in total. The van der Waals surface area contributed by atoms with E-state index < -0.39 is 11.4 Å². The van der Waals surface area contributed by atoms with Gasteiger partial charge in [0.1, 0.15) is 5.41 Å². The van der Waals surface area contributed by atoms with Crippen molar-refractivity contribution in [2.24, 2.45) is 5.41 Å². The number of carbonyl (C=O) groups is 2. The predicted octanol–water partition coefficient (Wildman–Crippen LogP) is 2.36. The number of hydrogen-bond donors (Lipinski definition) is 2. The molecule has 0 heterocycles. The van der Waals surface area contributed by atoms with E-state index >= 15 is 0 Å². The molecule has 0 spiro atoms. The summed E-state index contributed by atoms with van der Waals surface area (Å²) in [6.07, 6.45) is 2.42. The quantitative estimate of drug-likeness (QED) is 0.817. The lowest BCUT2D eigenvalue weighted by Gasteiger charge is -2.35. The number of rotatable bonds is 5. The van der Waals surface area contributed by atoms with E-state index in [9.17, 15) is 9.59 Å². The molecule has 19 heavy (non-hydrogen) atoms. The molecule has 0 bridgehead atoms. The van der Waals surface area contributed by atoms with Crippen LogP contribution in [0, 0.1) is 5.41 Å². The summed E-state index contributed by atoms with van der Waals surface area (Å²) < 4.78 is 1.01. The van der Waals surface area contributed by atoms with Gasteiger partial charge < -0.3 is 10.4 Å². The highest BCUT2D eigenvalue weighted by Crippen LogP contribution is 2.41. The van der Waals surface area contributed by atoms with Gasteiger partial charge in [0.05, 0.1) is 0 Å². The monoisotopic (exact) mass is 325 g/mol. The van der Waals surface area contributed by atoms with Crippen molar-refractivity contribution in [3.8, 4) is 0 Å². The number of hydrogen-bond acceptors (Lipinski definition) is 2. The normalized spacial score (nSPS) is 16.5. The van der Waals surface area contributed by atoms with Gasteiger partial charge in [0, 0.05) is 11.0 Å². The maximum absolute atomic E-state index is 11.9. The molecule has 1 fully saturated rings. The van der Waals surface area contributed by atoms with Crippen molar-refractivity contribution in [2.45, 2.75) is 25.7 Å². The van der Waals surface area contributed by atoms with Crippen LogP contribution >= 0.6 is 15.9 Å².